The Morgan fingerprint density at radius 3 is 2.82 bits per heavy atom. The summed E-state index contributed by atoms with van der Waals surface area (Å²) in [7, 11) is 1.79. The average Bonchev–Trinajstić information content (AvgIpc) is 3.37. The van der Waals surface area contributed by atoms with Crippen molar-refractivity contribution >= 4 is 51.5 Å². The Balaban J connectivity index is 1.37. The van der Waals surface area contributed by atoms with E-state index in [-0.39, 0.29) is 17.6 Å². The molecule has 0 spiro atoms. The number of anilines is 1. The van der Waals surface area contributed by atoms with Crippen molar-refractivity contribution in [3.8, 4) is 6.07 Å². The number of nitriles is 1. The van der Waals surface area contributed by atoms with Gasteiger partial charge in [0.2, 0.25) is 5.91 Å². The number of hydrogen-bond acceptors (Lipinski definition) is 7. The lowest BCUT2D eigenvalue weighted by atomic mass is 9.96. The summed E-state index contributed by atoms with van der Waals surface area (Å²) in [6.07, 6.45) is 4.05. The number of fused-ring (bicyclic) bond motifs is 1. The molecule has 176 valence electrons. The Morgan fingerprint density at radius 2 is 2.06 bits per heavy atom. The zero-order valence-corrected chi connectivity index (χ0v) is 21.1. The summed E-state index contributed by atoms with van der Waals surface area (Å²) in [5.41, 5.74) is 2.08. The molecule has 1 aliphatic carbocycles. The second kappa shape index (κ2) is 10.6. The lowest BCUT2D eigenvalue weighted by Gasteiger charge is -2.14. The molecule has 2 aromatic heterocycles. The number of halogens is 1. The van der Waals surface area contributed by atoms with Crippen LogP contribution in [-0.2, 0) is 24.7 Å². The normalized spacial score (nSPS) is 13.6. The largest absolute Gasteiger partial charge is 0.342 e. The van der Waals surface area contributed by atoms with Crippen molar-refractivity contribution in [2.24, 2.45) is 7.05 Å². The minimum absolute atomic E-state index is 0.125. The van der Waals surface area contributed by atoms with Crippen molar-refractivity contribution in [1.29, 1.82) is 5.26 Å². The quantitative estimate of drug-likeness (QED) is 0.449. The van der Waals surface area contributed by atoms with Crippen molar-refractivity contribution in [2.45, 2.75) is 43.8 Å². The van der Waals surface area contributed by atoms with E-state index in [0.29, 0.717) is 32.1 Å². The molecule has 0 unspecified atom stereocenters. The van der Waals surface area contributed by atoms with Crippen LogP contribution in [0.1, 0.15) is 58.0 Å². The molecular weight excluding hydrogens is 492 g/mol. The van der Waals surface area contributed by atoms with Crippen LogP contribution in [0, 0.1) is 11.3 Å². The molecule has 1 aliphatic rings. The number of rotatable bonds is 7. The molecule has 2 heterocycles. The highest BCUT2D eigenvalue weighted by molar-refractivity contribution is 7.99. The van der Waals surface area contributed by atoms with Gasteiger partial charge in [-0.15, -0.1) is 21.5 Å². The molecule has 8 nitrogen and oxygen atoms in total. The number of thioether (sulfide) groups is 1. The zero-order chi connectivity index (χ0) is 24.2. The number of amides is 2. The molecule has 0 aliphatic heterocycles. The molecule has 1 aromatic carbocycles. The van der Waals surface area contributed by atoms with Gasteiger partial charge in [-0.25, -0.2) is 0 Å². The molecular formula is C23H23ClN6O2S2. The van der Waals surface area contributed by atoms with Gasteiger partial charge in [0.1, 0.15) is 11.1 Å². The molecule has 1 atom stereocenters. The first-order valence-corrected chi connectivity index (χ1v) is 13.0. The maximum absolute atomic E-state index is 12.6. The molecule has 0 radical (unpaired) electrons. The average molecular weight is 515 g/mol. The first-order chi connectivity index (χ1) is 16.4. The fourth-order valence-corrected chi connectivity index (χ4v) is 6.07. The monoisotopic (exact) mass is 514 g/mol. The van der Waals surface area contributed by atoms with Crippen LogP contribution in [-0.4, -0.2) is 32.3 Å². The Hall–Kier alpha value is -2.87. The van der Waals surface area contributed by atoms with E-state index < -0.39 is 6.04 Å². The van der Waals surface area contributed by atoms with Gasteiger partial charge in [0.05, 0.1) is 27.9 Å². The van der Waals surface area contributed by atoms with Crippen molar-refractivity contribution in [3.05, 3.63) is 56.7 Å². The minimum atomic E-state index is -0.417. The molecule has 0 fully saturated rings. The topological polar surface area (TPSA) is 113 Å². The number of carbonyl (C=O) groups excluding carboxylic acids is 2. The van der Waals surface area contributed by atoms with Crippen LogP contribution in [0.4, 0.5) is 5.00 Å². The zero-order valence-electron chi connectivity index (χ0n) is 18.7. The lowest BCUT2D eigenvalue weighted by Crippen LogP contribution is -2.28. The van der Waals surface area contributed by atoms with Crippen molar-refractivity contribution < 1.29 is 9.59 Å². The van der Waals surface area contributed by atoms with Gasteiger partial charge < -0.3 is 15.2 Å². The number of thiophene rings is 1. The summed E-state index contributed by atoms with van der Waals surface area (Å²) in [6.45, 7) is 1.81. The lowest BCUT2D eigenvalue weighted by molar-refractivity contribution is -0.113. The Kier molecular flexibility index (Phi) is 7.56. The van der Waals surface area contributed by atoms with Crippen LogP contribution in [0.3, 0.4) is 0 Å². The van der Waals surface area contributed by atoms with Crippen LogP contribution < -0.4 is 10.6 Å². The van der Waals surface area contributed by atoms with Crippen molar-refractivity contribution in [2.75, 3.05) is 11.1 Å². The van der Waals surface area contributed by atoms with Crippen LogP contribution in [0.15, 0.2) is 29.4 Å². The summed E-state index contributed by atoms with van der Waals surface area (Å²) in [6, 6.07) is 8.67. The smallest absolute Gasteiger partial charge is 0.253 e. The fraction of sp³-hybridized carbons (Fsp3) is 0.348. The third-order valence-electron chi connectivity index (χ3n) is 5.59. The third-order valence-corrected chi connectivity index (χ3v) is 8.15. The van der Waals surface area contributed by atoms with E-state index in [1.165, 1.54) is 28.0 Å². The number of carbonyl (C=O) groups is 2. The van der Waals surface area contributed by atoms with Gasteiger partial charge in [-0.05, 0) is 50.3 Å². The van der Waals surface area contributed by atoms with Crippen molar-refractivity contribution in [3.63, 3.8) is 0 Å². The molecule has 2 N–H and O–H groups in total. The summed E-state index contributed by atoms with van der Waals surface area (Å²) in [5.74, 6) is 0.173. The van der Waals surface area contributed by atoms with E-state index in [0.717, 1.165) is 31.2 Å². The number of aryl methyl sites for hydroxylation is 1. The first kappa shape index (κ1) is 24.3. The number of aromatic nitrogens is 3. The number of nitrogens with zero attached hydrogens (tertiary/aromatic N) is 4. The van der Waals surface area contributed by atoms with Crippen molar-refractivity contribution in [1.82, 2.24) is 20.1 Å². The Bertz CT molecular complexity index is 1280. The molecule has 34 heavy (non-hydrogen) atoms. The Morgan fingerprint density at radius 1 is 1.29 bits per heavy atom. The van der Waals surface area contributed by atoms with Gasteiger partial charge in [0, 0.05) is 11.9 Å². The molecule has 11 heteroatoms. The van der Waals surface area contributed by atoms with Gasteiger partial charge in [0.15, 0.2) is 11.0 Å². The fourth-order valence-electron chi connectivity index (χ4n) is 3.88. The van der Waals surface area contributed by atoms with Gasteiger partial charge in [-0.2, -0.15) is 5.26 Å². The van der Waals surface area contributed by atoms with E-state index in [1.807, 2.05) is 6.92 Å². The maximum atomic E-state index is 12.6. The molecule has 0 bridgehead atoms. The highest BCUT2D eigenvalue weighted by Crippen LogP contribution is 2.37. The van der Waals surface area contributed by atoms with Gasteiger partial charge >= 0.3 is 0 Å². The van der Waals surface area contributed by atoms with Crippen LogP contribution >= 0.6 is 34.7 Å². The summed E-state index contributed by atoms with van der Waals surface area (Å²) >= 11 is 8.86. The van der Waals surface area contributed by atoms with Crippen LogP contribution in [0.25, 0.3) is 0 Å². The number of hydrogen-bond donors (Lipinski definition) is 2. The predicted octanol–water partition coefficient (Wildman–Crippen LogP) is 4.50. The second-order valence-corrected chi connectivity index (χ2v) is 10.4. The first-order valence-electron chi connectivity index (χ1n) is 10.8. The summed E-state index contributed by atoms with van der Waals surface area (Å²) < 4.78 is 1.75. The third kappa shape index (κ3) is 5.12. The van der Waals surface area contributed by atoms with E-state index in [4.69, 9.17) is 11.6 Å². The molecule has 3 aromatic rings. The number of nitrogens with one attached hydrogen (secondary N) is 2. The SMILES string of the molecule is C[C@H](NC(=O)c1ccccc1Cl)c1nnc(SCC(=O)Nc2sc3c(c2C#N)CCCC3)n1C. The van der Waals surface area contributed by atoms with E-state index in [9.17, 15) is 14.9 Å². The van der Waals surface area contributed by atoms with E-state index >= 15 is 0 Å². The molecule has 2 amide bonds. The van der Waals surface area contributed by atoms with E-state index in [1.54, 1.807) is 35.9 Å². The molecule has 0 saturated carbocycles. The highest BCUT2D eigenvalue weighted by atomic mass is 35.5. The summed E-state index contributed by atoms with van der Waals surface area (Å²) in [5, 5.41) is 25.3. The molecule has 0 saturated heterocycles. The van der Waals surface area contributed by atoms with E-state index in [2.05, 4.69) is 26.9 Å². The summed E-state index contributed by atoms with van der Waals surface area (Å²) in [4.78, 5) is 26.3. The Labute approximate surface area is 210 Å². The van der Waals surface area contributed by atoms with Gasteiger partial charge in [-0.1, -0.05) is 35.5 Å². The molecule has 4 rings (SSSR count). The standard InChI is InChI=1S/C23H23ClN6O2S2/c1-13(26-21(32)15-8-3-5-9-17(15)24)20-28-29-23(30(20)2)33-12-19(31)27-22-16(11-25)14-7-4-6-10-18(14)34-22/h3,5,8-9,13H,4,6-7,10,12H2,1-2H3,(H,26,32)(H,27,31)/t13-/m0/s1. The van der Waals surface area contributed by atoms with Gasteiger partial charge in [0.25, 0.3) is 5.91 Å². The minimum Gasteiger partial charge on any atom is -0.342 e. The maximum Gasteiger partial charge on any atom is 0.253 e. The predicted molar refractivity (Wildman–Crippen MR) is 133 cm³/mol. The van der Waals surface area contributed by atoms with Gasteiger partial charge in [-0.3, -0.25) is 9.59 Å². The van der Waals surface area contributed by atoms with Crippen LogP contribution in [0.2, 0.25) is 5.02 Å². The second-order valence-electron chi connectivity index (χ2n) is 7.94. The van der Waals surface area contributed by atoms with Crippen LogP contribution in [0.5, 0.6) is 0 Å². The number of benzene rings is 1. The highest BCUT2D eigenvalue weighted by Gasteiger charge is 2.23.